The van der Waals surface area contributed by atoms with Crippen molar-refractivity contribution >= 4 is 33.0 Å². The molecule has 0 spiro atoms. The molecule has 0 saturated heterocycles. The molecule has 158 valence electrons. The number of carbonyl (C=O) groups is 1. The van der Waals surface area contributed by atoms with Gasteiger partial charge in [-0.3, -0.25) is 9.10 Å². The first kappa shape index (κ1) is 21.7. The van der Waals surface area contributed by atoms with E-state index in [0.29, 0.717) is 11.4 Å². The van der Waals surface area contributed by atoms with E-state index < -0.39 is 10.0 Å². The van der Waals surface area contributed by atoms with Gasteiger partial charge in [-0.2, -0.15) is 0 Å². The number of nitrogens with one attached hydrogen (secondary N) is 1. The summed E-state index contributed by atoms with van der Waals surface area (Å²) in [6.07, 6.45) is 0. The zero-order valence-corrected chi connectivity index (χ0v) is 18.1. The maximum atomic E-state index is 12.6. The number of nitrogens with zero attached hydrogens (tertiary/aromatic N) is 1. The lowest BCUT2D eigenvalue weighted by molar-refractivity contribution is -0.123. The van der Waals surface area contributed by atoms with E-state index in [1.807, 2.05) is 13.0 Å². The van der Waals surface area contributed by atoms with Crippen LogP contribution in [0.15, 0.2) is 70.3 Å². The first-order chi connectivity index (χ1) is 14.3. The van der Waals surface area contributed by atoms with E-state index >= 15 is 0 Å². The second-order valence-corrected chi connectivity index (χ2v) is 9.72. The third-order valence-electron chi connectivity index (χ3n) is 4.43. The van der Waals surface area contributed by atoms with Gasteiger partial charge in [0, 0.05) is 7.05 Å². The molecule has 0 radical (unpaired) electrons. The lowest BCUT2D eigenvalue weighted by atomic mass is 10.1. The fourth-order valence-electron chi connectivity index (χ4n) is 2.75. The number of sulfonamides is 1. The molecule has 3 aromatic rings. The molecule has 9 heteroatoms. The van der Waals surface area contributed by atoms with Gasteiger partial charge in [-0.1, -0.05) is 18.2 Å². The van der Waals surface area contributed by atoms with E-state index in [4.69, 9.17) is 4.74 Å². The van der Waals surface area contributed by atoms with Crippen LogP contribution in [0.3, 0.4) is 0 Å². The Morgan fingerprint density at radius 1 is 1.17 bits per heavy atom. The minimum Gasteiger partial charge on any atom is -0.508 e. The van der Waals surface area contributed by atoms with Crippen LogP contribution in [0.1, 0.15) is 18.5 Å². The van der Waals surface area contributed by atoms with Crippen LogP contribution in [0.5, 0.6) is 11.5 Å². The normalized spacial score (nSPS) is 12.2. The summed E-state index contributed by atoms with van der Waals surface area (Å²) >= 11 is 1.16. The van der Waals surface area contributed by atoms with E-state index in [-0.39, 0.29) is 28.5 Å². The number of ether oxygens (including phenoxy) is 1. The van der Waals surface area contributed by atoms with E-state index in [9.17, 15) is 18.3 Å². The van der Waals surface area contributed by atoms with Crippen molar-refractivity contribution < 1.29 is 23.1 Å². The van der Waals surface area contributed by atoms with E-state index in [1.165, 1.54) is 11.4 Å². The van der Waals surface area contributed by atoms with Crippen molar-refractivity contribution in [1.29, 1.82) is 0 Å². The van der Waals surface area contributed by atoms with Gasteiger partial charge in [-0.05, 0) is 60.3 Å². The summed E-state index contributed by atoms with van der Waals surface area (Å²) in [4.78, 5) is 12.1. The Morgan fingerprint density at radius 3 is 2.53 bits per heavy atom. The highest BCUT2D eigenvalue weighted by atomic mass is 32.2. The number of carbonyl (C=O) groups excluding carboxylic acids is 1. The molecule has 0 aliphatic heterocycles. The molecule has 2 N–H and O–H groups in total. The summed E-state index contributed by atoms with van der Waals surface area (Å²) in [5.74, 6) is 0.268. The predicted octanol–water partition coefficient (Wildman–Crippen LogP) is 3.54. The third-order valence-corrected chi connectivity index (χ3v) is 7.59. The average Bonchev–Trinajstić information content (AvgIpc) is 3.28. The Hall–Kier alpha value is -3.04. The van der Waals surface area contributed by atoms with Crippen LogP contribution >= 0.6 is 11.3 Å². The molecule has 1 amide bonds. The topological polar surface area (TPSA) is 95.9 Å². The molecule has 2 aromatic carbocycles. The maximum absolute atomic E-state index is 12.6. The fraction of sp³-hybridized carbons (Fsp3) is 0.190. The summed E-state index contributed by atoms with van der Waals surface area (Å²) in [6.45, 7) is 1.62. The summed E-state index contributed by atoms with van der Waals surface area (Å²) in [5, 5.41) is 14.0. The van der Waals surface area contributed by atoms with Crippen LogP contribution in [-0.4, -0.2) is 33.1 Å². The van der Waals surface area contributed by atoms with E-state index in [0.717, 1.165) is 16.9 Å². The zero-order valence-electron chi connectivity index (χ0n) is 16.5. The van der Waals surface area contributed by atoms with Crippen molar-refractivity contribution in [3.05, 3.63) is 71.6 Å². The van der Waals surface area contributed by atoms with Gasteiger partial charge in [0.2, 0.25) is 0 Å². The fourth-order valence-corrected chi connectivity index (χ4v) is 5.10. The molecule has 1 atom stereocenters. The highest BCUT2D eigenvalue weighted by molar-refractivity contribution is 7.94. The summed E-state index contributed by atoms with van der Waals surface area (Å²) in [7, 11) is -2.11. The number of benzene rings is 2. The quantitative estimate of drug-likeness (QED) is 0.552. The highest BCUT2D eigenvalue weighted by Gasteiger charge is 2.22. The van der Waals surface area contributed by atoms with Crippen LogP contribution in [0, 0.1) is 0 Å². The van der Waals surface area contributed by atoms with Crippen LogP contribution in [0.4, 0.5) is 5.69 Å². The second kappa shape index (κ2) is 9.19. The molecule has 1 unspecified atom stereocenters. The number of rotatable bonds is 8. The van der Waals surface area contributed by atoms with E-state index in [1.54, 1.807) is 60.0 Å². The molecular formula is C21H22N2O5S2. The Bertz CT molecular complexity index is 1100. The zero-order chi connectivity index (χ0) is 21.7. The lowest BCUT2D eigenvalue weighted by Crippen LogP contribution is -2.31. The summed E-state index contributed by atoms with van der Waals surface area (Å²) in [5.41, 5.74) is 1.26. The van der Waals surface area contributed by atoms with E-state index in [2.05, 4.69) is 5.32 Å². The molecule has 0 saturated carbocycles. The lowest BCUT2D eigenvalue weighted by Gasteiger charge is -2.19. The minimum atomic E-state index is -3.60. The van der Waals surface area contributed by atoms with Crippen molar-refractivity contribution in [2.45, 2.75) is 17.2 Å². The van der Waals surface area contributed by atoms with Crippen LogP contribution in [-0.2, 0) is 14.8 Å². The van der Waals surface area contributed by atoms with Gasteiger partial charge in [-0.15, -0.1) is 11.3 Å². The Morgan fingerprint density at radius 2 is 1.90 bits per heavy atom. The van der Waals surface area contributed by atoms with Gasteiger partial charge in [0.1, 0.15) is 15.7 Å². The average molecular weight is 447 g/mol. The Labute approximate surface area is 179 Å². The number of hydrogen-bond acceptors (Lipinski definition) is 6. The van der Waals surface area contributed by atoms with Crippen molar-refractivity contribution in [2.75, 3.05) is 18.0 Å². The number of phenolic OH excluding ortho intramolecular Hbond substituents is 1. The summed E-state index contributed by atoms with van der Waals surface area (Å²) in [6, 6.07) is 16.1. The monoisotopic (exact) mass is 446 g/mol. The number of thiophene rings is 1. The van der Waals surface area contributed by atoms with Gasteiger partial charge >= 0.3 is 0 Å². The maximum Gasteiger partial charge on any atom is 0.273 e. The first-order valence-corrected chi connectivity index (χ1v) is 11.4. The second-order valence-electron chi connectivity index (χ2n) is 6.57. The van der Waals surface area contributed by atoms with Crippen molar-refractivity contribution in [3.8, 4) is 11.5 Å². The van der Waals surface area contributed by atoms with Gasteiger partial charge in [-0.25, -0.2) is 8.42 Å². The molecule has 0 fully saturated rings. The molecule has 1 heterocycles. The van der Waals surface area contributed by atoms with Crippen molar-refractivity contribution in [3.63, 3.8) is 0 Å². The molecule has 0 bridgehead atoms. The Kier molecular flexibility index (Phi) is 6.63. The van der Waals surface area contributed by atoms with Gasteiger partial charge in [0.05, 0.1) is 11.7 Å². The molecule has 7 nitrogen and oxygen atoms in total. The largest absolute Gasteiger partial charge is 0.508 e. The number of anilines is 1. The smallest absolute Gasteiger partial charge is 0.273 e. The first-order valence-electron chi connectivity index (χ1n) is 9.11. The standard InChI is InChI=1S/C21H22N2O5S2/c1-15(16-5-3-6-18(24)13-16)22-20(25)14-28-19-10-8-17(9-11-19)23(2)30(26,27)21-7-4-12-29-21/h3-13,15,24H,14H2,1-2H3,(H,22,25). The molecule has 3 rings (SSSR count). The predicted molar refractivity (Wildman–Crippen MR) is 117 cm³/mol. The SMILES string of the molecule is CC(NC(=O)COc1ccc(N(C)S(=O)(=O)c2cccs2)cc1)c1cccc(O)c1. The molecule has 30 heavy (non-hydrogen) atoms. The van der Waals surface area contributed by atoms with Gasteiger partial charge < -0.3 is 15.2 Å². The number of hydrogen-bond donors (Lipinski definition) is 2. The van der Waals surface area contributed by atoms with Crippen LogP contribution in [0.25, 0.3) is 0 Å². The minimum absolute atomic E-state index is 0.135. The summed E-state index contributed by atoms with van der Waals surface area (Å²) < 4.78 is 32.1. The Balaban J connectivity index is 1.56. The number of aromatic hydroxyl groups is 1. The molecular weight excluding hydrogens is 424 g/mol. The third kappa shape index (κ3) is 5.11. The molecule has 1 aromatic heterocycles. The number of amides is 1. The van der Waals surface area contributed by atoms with Crippen molar-refractivity contribution in [1.82, 2.24) is 5.32 Å². The van der Waals surface area contributed by atoms with Gasteiger partial charge in [0.25, 0.3) is 15.9 Å². The molecule has 0 aliphatic rings. The number of phenols is 1. The highest BCUT2D eigenvalue weighted by Crippen LogP contribution is 2.26. The van der Waals surface area contributed by atoms with Crippen LogP contribution in [0.2, 0.25) is 0 Å². The molecule has 0 aliphatic carbocycles. The van der Waals surface area contributed by atoms with Gasteiger partial charge in [0.15, 0.2) is 6.61 Å². The van der Waals surface area contributed by atoms with Crippen molar-refractivity contribution in [2.24, 2.45) is 0 Å². The van der Waals surface area contributed by atoms with Crippen LogP contribution < -0.4 is 14.4 Å².